The van der Waals surface area contributed by atoms with Crippen molar-refractivity contribution in [3.8, 4) is 5.75 Å². The van der Waals surface area contributed by atoms with Crippen molar-refractivity contribution in [2.45, 2.75) is 0 Å². The molecule has 1 aliphatic heterocycles. The maximum atomic E-state index is 12.1. The molecule has 4 nitrogen and oxygen atoms in total. The highest BCUT2D eigenvalue weighted by molar-refractivity contribution is 9.11. The van der Waals surface area contributed by atoms with E-state index in [1.165, 1.54) is 0 Å². The number of para-hydroxylation sites is 2. The number of anilines is 2. The van der Waals surface area contributed by atoms with E-state index >= 15 is 0 Å². The fourth-order valence-corrected chi connectivity index (χ4v) is 3.25. The normalized spacial score (nSPS) is 15.3. The zero-order valence-corrected chi connectivity index (χ0v) is 13.8. The van der Waals surface area contributed by atoms with Gasteiger partial charge in [-0.2, -0.15) is 0 Å². The molecule has 0 radical (unpaired) electrons. The lowest BCUT2D eigenvalue weighted by molar-refractivity contribution is -0.112. The summed E-state index contributed by atoms with van der Waals surface area (Å²) in [6.45, 7) is 0. The Morgan fingerprint density at radius 1 is 1.00 bits per heavy atom. The van der Waals surface area contributed by atoms with Crippen LogP contribution in [0.3, 0.4) is 0 Å². The number of amides is 1. The molecule has 3 N–H and O–H groups in total. The zero-order valence-electron chi connectivity index (χ0n) is 10.7. The number of phenolic OH excluding ortho intramolecular Hbond substituents is 1. The summed E-state index contributed by atoms with van der Waals surface area (Å²) in [6.07, 6.45) is 1.72. The number of carbonyl (C=O) groups is 1. The van der Waals surface area contributed by atoms with E-state index in [1.807, 2.05) is 24.3 Å². The number of hydrogen-bond acceptors (Lipinski definition) is 3. The SMILES string of the molecule is O=C1Nc2ccccc2NC1=Cc1cc(Br)c(O)c(Br)c1. The van der Waals surface area contributed by atoms with Crippen molar-refractivity contribution in [3.05, 3.63) is 56.6 Å². The number of phenols is 1. The fraction of sp³-hybridized carbons (Fsp3) is 0. The first-order chi connectivity index (χ1) is 10.0. The largest absolute Gasteiger partial charge is 0.506 e. The van der Waals surface area contributed by atoms with Gasteiger partial charge in [-0.3, -0.25) is 4.79 Å². The molecule has 6 heteroatoms. The summed E-state index contributed by atoms with van der Waals surface area (Å²) in [5.41, 5.74) is 2.83. The van der Waals surface area contributed by atoms with Crippen molar-refractivity contribution in [1.82, 2.24) is 0 Å². The van der Waals surface area contributed by atoms with Crippen LogP contribution in [0.1, 0.15) is 5.56 Å². The predicted octanol–water partition coefficient (Wildman–Crippen LogP) is 4.32. The number of fused-ring (bicyclic) bond motifs is 1. The van der Waals surface area contributed by atoms with Crippen LogP contribution in [0.5, 0.6) is 5.75 Å². The average molecular weight is 410 g/mol. The van der Waals surface area contributed by atoms with Gasteiger partial charge in [-0.05, 0) is 67.8 Å². The minimum atomic E-state index is -0.200. The lowest BCUT2D eigenvalue weighted by Gasteiger charge is -2.21. The Morgan fingerprint density at radius 2 is 1.57 bits per heavy atom. The van der Waals surface area contributed by atoms with Gasteiger partial charge in [-0.15, -0.1) is 0 Å². The van der Waals surface area contributed by atoms with E-state index < -0.39 is 0 Å². The van der Waals surface area contributed by atoms with Gasteiger partial charge in [-0.25, -0.2) is 0 Å². The highest BCUT2D eigenvalue weighted by Gasteiger charge is 2.19. The van der Waals surface area contributed by atoms with Crippen LogP contribution in [0, 0.1) is 0 Å². The van der Waals surface area contributed by atoms with E-state index in [0.29, 0.717) is 14.6 Å². The van der Waals surface area contributed by atoms with Gasteiger partial charge in [0.1, 0.15) is 11.4 Å². The molecular formula is C15H10Br2N2O2. The van der Waals surface area contributed by atoms with Crippen molar-refractivity contribution in [3.63, 3.8) is 0 Å². The first kappa shape index (κ1) is 14.2. The van der Waals surface area contributed by atoms with Crippen molar-refractivity contribution >= 4 is 55.2 Å². The van der Waals surface area contributed by atoms with Gasteiger partial charge < -0.3 is 15.7 Å². The standard InChI is InChI=1S/C15H10Br2N2O2/c16-9-5-8(6-10(17)14(9)20)7-13-15(21)19-12-4-2-1-3-11(12)18-13/h1-7,18,20H,(H,19,21). The minimum Gasteiger partial charge on any atom is -0.506 e. The third-order valence-corrected chi connectivity index (χ3v) is 4.25. The van der Waals surface area contributed by atoms with Crippen LogP contribution in [0.15, 0.2) is 51.0 Å². The van der Waals surface area contributed by atoms with E-state index in [0.717, 1.165) is 16.9 Å². The summed E-state index contributed by atoms with van der Waals surface area (Å²) in [5.74, 6) is -0.0717. The second-order valence-corrected chi connectivity index (χ2v) is 6.22. The molecule has 1 amide bonds. The van der Waals surface area contributed by atoms with E-state index in [-0.39, 0.29) is 11.7 Å². The van der Waals surface area contributed by atoms with Gasteiger partial charge in [0.05, 0.1) is 20.3 Å². The predicted molar refractivity (Wildman–Crippen MR) is 90.2 cm³/mol. The lowest BCUT2D eigenvalue weighted by atomic mass is 10.1. The second kappa shape index (κ2) is 5.54. The molecule has 3 rings (SSSR count). The first-order valence-electron chi connectivity index (χ1n) is 6.12. The molecule has 0 atom stereocenters. The van der Waals surface area contributed by atoms with E-state index in [4.69, 9.17) is 0 Å². The van der Waals surface area contributed by atoms with Crippen LogP contribution < -0.4 is 10.6 Å². The zero-order chi connectivity index (χ0) is 15.0. The maximum Gasteiger partial charge on any atom is 0.272 e. The molecule has 0 aromatic heterocycles. The van der Waals surface area contributed by atoms with Gasteiger partial charge in [0.2, 0.25) is 0 Å². The summed E-state index contributed by atoms with van der Waals surface area (Å²) >= 11 is 6.54. The van der Waals surface area contributed by atoms with Gasteiger partial charge in [0.25, 0.3) is 5.91 Å². The number of nitrogens with one attached hydrogen (secondary N) is 2. The van der Waals surface area contributed by atoms with Crippen LogP contribution >= 0.6 is 31.9 Å². The third-order valence-electron chi connectivity index (χ3n) is 3.04. The molecule has 0 aliphatic carbocycles. The highest BCUT2D eigenvalue weighted by Crippen LogP contribution is 2.34. The number of halogens is 2. The molecule has 0 unspecified atom stereocenters. The van der Waals surface area contributed by atoms with Gasteiger partial charge >= 0.3 is 0 Å². The molecule has 0 bridgehead atoms. The van der Waals surface area contributed by atoms with Crippen molar-refractivity contribution in [1.29, 1.82) is 0 Å². The van der Waals surface area contributed by atoms with Crippen LogP contribution in [0.25, 0.3) is 6.08 Å². The summed E-state index contributed by atoms with van der Waals surface area (Å²) in [4.78, 5) is 12.1. The number of carbonyl (C=O) groups excluding carboxylic acids is 1. The summed E-state index contributed by atoms with van der Waals surface area (Å²) in [7, 11) is 0. The Kier molecular flexibility index (Phi) is 3.73. The quantitative estimate of drug-likeness (QED) is 0.614. The smallest absolute Gasteiger partial charge is 0.272 e. The van der Waals surface area contributed by atoms with E-state index in [2.05, 4.69) is 42.5 Å². The molecule has 0 saturated heterocycles. The van der Waals surface area contributed by atoms with Crippen LogP contribution in [0.4, 0.5) is 11.4 Å². The molecule has 0 spiro atoms. The monoisotopic (exact) mass is 408 g/mol. The van der Waals surface area contributed by atoms with E-state index in [1.54, 1.807) is 18.2 Å². The first-order valence-corrected chi connectivity index (χ1v) is 7.70. The number of aromatic hydroxyl groups is 1. The Morgan fingerprint density at radius 3 is 2.19 bits per heavy atom. The third kappa shape index (κ3) is 2.82. The molecule has 106 valence electrons. The molecule has 1 aliphatic rings. The number of hydrogen-bond donors (Lipinski definition) is 3. The molecule has 0 saturated carbocycles. The van der Waals surface area contributed by atoms with Crippen molar-refractivity contribution in [2.24, 2.45) is 0 Å². The molecule has 2 aromatic carbocycles. The van der Waals surface area contributed by atoms with E-state index in [9.17, 15) is 9.90 Å². The van der Waals surface area contributed by atoms with Crippen molar-refractivity contribution in [2.75, 3.05) is 10.6 Å². The summed E-state index contributed by atoms with van der Waals surface area (Å²) in [6, 6.07) is 11.0. The molecular weight excluding hydrogens is 400 g/mol. The Labute approximate surface area is 138 Å². The van der Waals surface area contributed by atoms with Crippen LogP contribution in [-0.2, 0) is 4.79 Å². The summed E-state index contributed by atoms with van der Waals surface area (Å²) < 4.78 is 1.11. The van der Waals surface area contributed by atoms with Crippen LogP contribution in [-0.4, -0.2) is 11.0 Å². The average Bonchev–Trinajstić information content (AvgIpc) is 2.45. The van der Waals surface area contributed by atoms with Crippen molar-refractivity contribution < 1.29 is 9.90 Å². The molecule has 0 fully saturated rings. The molecule has 2 aromatic rings. The van der Waals surface area contributed by atoms with Gasteiger partial charge in [-0.1, -0.05) is 12.1 Å². The molecule has 1 heterocycles. The highest BCUT2D eigenvalue weighted by atomic mass is 79.9. The topological polar surface area (TPSA) is 61.4 Å². The Hall–Kier alpha value is -1.79. The van der Waals surface area contributed by atoms with Gasteiger partial charge in [0, 0.05) is 0 Å². The Balaban J connectivity index is 1.99. The second-order valence-electron chi connectivity index (χ2n) is 4.52. The Bertz CT molecular complexity index is 749. The number of rotatable bonds is 1. The lowest BCUT2D eigenvalue weighted by Crippen LogP contribution is -2.25. The maximum absolute atomic E-state index is 12.1. The minimum absolute atomic E-state index is 0.128. The molecule has 21 heavy (non-hydrogen) atoms. The van der Waals surface area contributed by atoms with Gasteiger partial charge in [0.15, 0.2) is 0 Å². The summed E-state index contributed by atoms with van der Waals surface area (Å²) in [5, 5.41) is 15.6. The fourth-order valence-electron chi connectivity index (χ4n) is 2.03. The van der Waals surface area contributed by atoms with Crippen LogP contribution in [0.2, 0.25) is 0 Å². The number of benzene rings is 2.